The molecule has 1 aliphatic heterocycles. The summed E-state index contributed by atoms with van der Waals surface area (Å²) >= 11 is 0. The summed E-state index contributed by atoms with van der Waals surface area (Å²) in [5.74, 6) is 2.03. The highest BCUT2D eigenvalue weighted by Gasteiger charge is 2.39. The highest BCUT2D eigenvalue weighted by Crippen LogP contribution is 2.75. The summed E-state index contributed by atoms with van der Waals surface area (Å²) in [7, 11) is -1.57. The number of benzene rings is 6. The van der Waals surface area contributed by atoms with Crippen molar-refractivity contribution in [3.63, 3.8) is 0 Å². The third-order valence-electron chi connectivity index (χ3n) is 8.41. The molecule has 0 fully saturated rings. The van der Waals surface area contributed by atoms with Crippen molar-refractivity contribution < 1.29 is 0 Å². The standard InChI is InChI=1S/C40H29N3S/c1-44(32-18-9-4-10-19-32)36-23-12-11-20-33(36)34-21-13-22-35(37(34)44)40-42-38(30-16-7-3-8-17-30)41-39(43-40)31-26-24-29(25-27-31)28-14-5-2-6-15-28/h2-27H,1H3. The molecule has 1 atom stereocenters. The van der Waals surface area contributed by atoms with E-state index in [4.69, 9.17) is 15.0 Å². The zero-order chi connectivity index (χ0) is 29.5. The molecule has 210 valence electrons. The Labute approximate surface area is 259 Å². The second kappa shape index (κ2) is 10.7. The first-order valence-electron chi connectivity index (χ1n) is 14.7. The van der Waals surface area contributed by atoms with E-state index in [0.717, 1.165) is 22.3 Å². The van der Waals surface area contributed by atoms with E-state index < -0.39 is 10.0 Å². The summed E-state index contributed by atoms with van der Waals surface area (Å²) in [5.41, 5.74) is 7.87. The van der Waals surface area contributed by atoms with Crippen LogP contribution in [0.3, 0.4) is 0 Å². The maximum atomic E-state index is 5.19. The molecule has 8 rings (SSSR count). The van der Waals surface area contributed by atoms with E-state index in [2.05, 4.69) is 140 Å². The average Bonchev–Trinajstić information content (AvgIpc) is 3.38. The number of hydrogen-bond acceptors (Lipinski definition) is 3. The van der Waals surface area contributed by atoms with Gasteiger partial charge in [-0.25, -0.2) is 15.0 Å². The van der Waals surface area contributed by atoms with Crippen molar-refractivity contribution in [3.05, 3.63) is 158 Å². The van der Waals surface area contributed by atoms with Gasteiger partial charge in [0, 0.05) is 26.5 Å². The van der Waals surface area contributed by atoms with Gasteiger partial charge in [0.1, 0.15) is 0 Å². The van der Waals surface area contributed by atoms with Gasteiger partial charge < -0.3 is 0 Å². The highest BCUT2D eigenvalue weighted by molar-refractivity contribution is 8.33. The van der Waals surface area contributed by atoms with Crippen LogP contribution >= 0.6 is 10.0 Å². The minimum Gasteiger partial charge on any atom is -0.208 e. The molecule has 0 radical (unpaired) electrons. The molecule has 1 aromatic heterocycles. The Kier molecular flexibility index (Phi) is 6.43. The number of nitrogens with zero attached hydrogens (tertiary/aromatic N) is 3. The van der Waals surface area contributed by atoms with Gasteiger partial charge in [-0.15, -0.1) is 0 Å². The van der Waals surface area contributed by atoms with Gasteiger partial charge in [-0.2, -0.15) is 10.0 Å². The van der Waals surface area contributed by atoms with E-state index in [1.807, 2.05) is 24.3 Å². The van der Waals surface area contributed by atoms with Crippen LogP contribution in [-0.4, -0.2) is 21.2 Å². The number of aromatic nitrogens is 3. The quantitative estimate of drug-likeness (QED) is 0.202. The first-order valence-corrected chi connectivity index (χ1v) is 16.8. The normalized spacial score (nSPS) is 16.5. The molecule has 0 saturated heterocycles. The van der Waals surface area contributed by atoms with Gasteiger partial charge >= 0.3 is 0 Å². The van der Waals surface area contributed by atoms with Crippen LogP contribution in [0, 0.1) is 0 Å². The van der Waals surface area contributed by atoms with Crippen LogP contribution in [-0.2, 0) is 0 Å². The molecule has 1 aliphatic rings. The van der Waals surface area contributed by atoms with Gasteiger partial charge in [0.15, 0.2) is 17.5 Å². The fraction of sp³-hybridized carbons (Fsp3) is 0.0250. The van der Waals surface area contributed by atoms with Gasteiger partial charge in [0.2, 0.25) is 0 Å². The van der Waals surface area contributed by atoms with Crippen LogP contribution in [0.15, 0.2) is 172 Å². The van der Waals surface area contributed by atoms with Crippen LogP contribution in [0.1, 0.15) is 0 Å². The van der Waals surface area contributed by atoms with Crippen LogP contribution in [0.5, 0.6) is 0 Å². The molecule has 0 N–H and O–H groups in total. The lowest BCUT2D eigenvalue weighted by Crippen LogP contribution is -2.04. The summed E-state index contributed by atoms with van der Waals surface area (Å²) in [6.45, 7) is 0. The van der Waals surface area contributed by atoms with Crippen molar-refractivity contribution in [3.8, 4) is 56.4 Å². The van der Waals surface area contributed by atoms with Crippen LogP contribution in [0.4, 0.5) is 0 Å². The Hall–Kier alpha value is -5.32. The Balaban J connectivity index is 1.35. The minimum absolute atomic E-state index is 0.665. The van der Waals surface area contributed by atoms with Crippen molar-refractivity contribution in [2.45, 2.75) is 14.7 Å². The molecule has 0 amide bonds. The number of rotatable bonds is 5. The SMILES string of the molecule is CS1(c2ccccc2)c2ccccc2-c2cccc(-c3nc(-c4ccccc4)nc(-c4ccc(-c5ccccc5)cc4)n3)c21. The monoisotopic (exact) mass is 583 g/mol. The molecule has 2 heterocycles. The molecule has 0 aliphatic carbocycles. The Bertz CT molecular complexity index is 2110. The largest absolute Gasteiger partial charge is 0.208 e. The summed E-state index contributed by atoms with van der Waals surface area (Å²) in [5, 5.41) is 0. The van der Waals surface area contributed by atoms with Crippen molar-refractivity contribution in [2.75, 3.05) is 6.26 Å². The lowest BCUT2D eigenvalue weighted by Gasteiger charge is -2.35. The molecule has 1 unspecified atom stereocenters. The first-order chi connectivity index (χ1) is 21.7. The lowest BCUT2D eigenvalue weighted by atomic mass is 10.0. The van der Waals surface area contributed by atoms with Gasteiger partial charge in [-0.1, -0.05) is 140 Å². The van der Waals surface area contributed by atoms with Gasteiger partial charge in [0.25, 0.3) is 0 Å². The molecule has 0 bridgehead atoms. The molecular formula is C40H29N3S. The molecule has 6 aromatic carbocycles. The number of hydrogen-bond donors (Lipinski definition) is 0. The van der Waals surface area contributed by atoms with E-state index in [0.29, 0.717) is 17.5 Å². The molecule has 7 aromatic rings. The third-order valence-corrected chi connectivity index (χ3v) is 12.1. The van der Waals surface area contributed by atoms with E-state index in [9.17, 15) is 0 Å². The van der Waals surface area contributed by atoms with E-state index in [-0.39, 0.29) is 0 Å². The molecular weight excluding hydrogens is 555 g/mol. The fourth-order valence-electron chi connectivity index (χ4n) is 6.24. The molecule has 44 heavy (non-hydrogen) atoms. The number of fused-ring (bicyclic) bond motifs is 3. The predicted octanol–water partition coefficient (Wildman–Crippen LogP) is 10.4. The second-order valence-electron chi connectivity index (χ2n) is 11.0. The third kappa shape index (κ3) is 4.34. The lowest BCUT2D eigenvalue weighted by molar-refractivity contribution is 1.07. The minimum atomic E-state index is -1.57. The molecule has 0 spiro atoms. The van der Waals surface area contributed by atoms with Crippen molar-refractivity contribution in [1.29, 1.82) is 0 Å². The first kappa shape index (κ1) is 26.3. The van der Waals surface area contributed by atoms with Crippen molar-refractivity contribution >= 4 is 10.0 Å². The smallest absolute Gasteiger partial charge is 0.165 e. The van der Waals surface area contributed by atoms with Crippen LogP contribution in [0.25, 0.3) is 56.4 Å². The molecule has 0 saturated carbocycles. The van der Waals surface area contributed by atoms with Gasteiger partial charge in [-0.3, -0.25) is 0 Å². The van der Waals surface area contributed by atoms with Crippen LogP contribution in [0.2, 0.25) is 0 Å². The summed E-state index contributed by atoms with van der Waals surface area (Å²) in [4.78, 5) is 19.4. The second-order valence-corrected chi connectivity index (χ2v) is 14.2. The van der Waals surface area contributed by atoms with Gasteiger partial charge in [0.05, 0.1) is 0 Å². The Morgan fingerprint density at radius 3 is 1.50 bits per heavy atom. The average molecular weight is 584 g/mol. The zero-order valence-electron chi connectivity index (χ0n) is 24.3. The molecule has 4 heteroatoms. The maximum absolute atomic E-state index is 5.19. The van der Waals surface area contributed by atoms with E-state index in [1.54, 1.807) is 0 Å². The Morgan fingerprint density at radius 1 is 0.364 bits per heavy atom. The fourth-order valence-corrected chi connectivity index (χ4v) is 9.84. The van der Waals surface area contributed by atoms with Crippen LogP contribution < -0.4 is 0 Å². The van der Waals surface area contributed by atoms with E-state index >= 15 is 0 Å². The highest BCUT2D eigenvalue weighted by atomic mass is 32.3. The van der Waals surface area contributed by atoms with Gasteiger partial charge in [-0.05, 0) is 51.6 Å². The molecule has 3 nitrogen and oxygen atoms in total. The predicted molar refractivity (Wildman–Crippen MR) is 182 cm³/mol. The topological polar surface area (TPSA) is 38.7 Å². The zero-order valence-corrected chi connectivity index (χ0v) is 25.1. The summed E-state index contributed by atoms with van der Waals surface area (Å²) in [6, 6.07) is 55.5. The maximum Gasteiger partial charge on any atom is 0.165 e. The van der Waals surface area contributed by atoms with Crippen molar-refractivity contribution in [1.82, 2.24) is 15.0 Å². The summed E-state index contributed by atoms with van der Waals surface area (Å²) < 4.78 is 0. The van der Waals surface area contributed by atoms with Crippen molar-refractivity contribution in [2.24, 2.45) is 0 Å². The summed E-state index contributed by atoms with van der Waals surface area (Å²) in [6.07, 6.45) is 2.42. The van der Waals surface area contributed by atoms with E-state index in [1.165, 1.54) is 31.4 Å². The Morgan fingerprint density at radius 2 is 0.818 bits per heavy atom.